The smallest absolute Gasteiger partial charge is 0.255 e. The van der Waals surface area contributed by atoms with Crippen molar-refractivity contribution in [2.45, 2.75) is 32.2 Å². The summed E-state index contributed by atoms with van der Waals surface area (Å²) in [4.78, 5) is 14.4. The lowest BCUT2D eigenvalue weighted by Gasteiger charge is -2.33. The van der Waals surface area contributed by atoms with Gasteiger partial charge in [-0.05, 0) is 60.9 Å². The van der Waals surface area contributed by atoms with Crippen molar-refractivity contribution in [1.29, 1.82) is 0 Å². The Morgan fingerprint density at radius 2 is 2.12 bits per heavy atom. The van der Waals surface area contributed by atoms with Crippen LogP contribution >= 0.6 is 22.6 Å². The zero-order valence-corrected chi connectivity index (χ0v) is 11.6. The molecule has 1 aliphatic rings. The second-order valence-corrected chi connectivity index (χ2v) is 5.49. The maximum atomic E-state index is 12.4. The van der Waals surface area contributed by atoms with E-state index in [0.29, 0.717) is 6.04 Å². The Morgan fingerprint density at radius 1 is 1.38 bits per heavy atom. The maximum Gasteiger partial charge on any atom is 0.255 e. The fraction of sp³-hybridized carbons (Fsp3) is 0.462. The van der Waals surface area contributed by atoms with Gasteiger partial charge in [-0.25, -0.2) is 0 Å². The van der Waals surface area contributed by atoms with E-state index in [1.807, 2.05) is 29.2 Å². The van der Waals surface area contributed by atoms with E-state index in [1.54, 1.807) is 0 Å². The van der Waals surface area contributed by atoms with Crippen LogP contribution in [-0.2, 0) is 0 Å². The number of hydrogen-bond acceptors (Lipinski definition) is 1. The lowest BCUT2D eigenvalue weighted by Crippen LogP contribution is -2.42. The SMILES string of the molecule is CC1CCCCN1C(=O)c1ccccc1I. The van der Waals surface area contributed by atoms with Gasteiger partial charge >= 0.3 is 0 Å². The minimum absolute atomic E-state index is 0.192. The summed E-state index contributed by atoms with van der Waals surface area (Å²) in [5.74, 6) is 0.192. The summed E-state index contributed by atoms with van der Waals surface area (Å²) in [6.07, 6.45) is 3.52. The molecular formula is C13H16INO. The van der Waals surface area contributed by atoms with Crippen LogP contribution in [0, 0.1) is 3.57 Å². The monoisotopic (exact) mass is 329 g/mol. The molecule has 1 heterocycles. The van der Waals surface area contributed by atoms with Crippen molar-refractivity contribution in [3.05, 3.63) is 33.4 Å². The number of nitrogens with zero attached hydrogens (tertiary/aromatic N) is 1. The molecule has 0 N–H and O–H groups in total. The summed E-state index contributed by atoms with van der Waals surface area (Å²) in [7, 11) is 0. The molecule has 3 heteroatoms. The van der Waals surface area contributed by atoms with Gasteiger partial charge in [0, 0.05) is 16.2 Å². The van der Waals surface area contributed by atoms with Crippen LogP contribution in [0.2, 0.25) is 0 Å². The first-order valence-corrected chi connectivity index (χ1v) is 6.83. The summed E-state index contributed by atoms with van der Waals surface area (Å²) in [5.41, 5.74) is 0.844. The van der Waals surface area contributed by atoms with Crippen LogP contribution in [-0.4, -0.2) is 23.4 Å². The molecule has 0 aliphatic carbocycles. The minimum atomic E-state index is 0.192. The van der Waals surface area contributed by atoms with Crippen molar-refractivity contribution in [2.75, 3.05) is 6.54 Å². The van der Waals surface area contributed by atoms with Gasteiger partial charge in [0.1, 0.15) is 0 Å². The number of rotatable bonds is 1. The highest BCUT2D eigenvalue weighted by Crippen LogP contribution is 2.21. The van der Waals surface area contributed by atoms with E-state index >= 15 is 0 Å². The van der Waals surface area contributed by atoms with Gasteiger partial charge < -0.3 is 4.90 Å². The predicted molar refractivity (Wildman–Crippen MR) is 73.5 cm³/mol. The van der Waals surface area contributed by atoms with Crippen molar-refractivity contribution in [3.63, 3.8) is 0 Å². The molecule has 16 heavy (non-hydrogen) atoms. The first kappa shape index (κ1) is 11.9. The third kappa shape index (κ3) is 2.39. The van der Waals surface area contributed by atoms with Crippen molar-refractivity contribution < 1.29 is 4.79 Å². The molecule has 86 valence electrons. The standard InChI is InChI=1S/C13H16INO/c1-10-6-4-5-9-15(10)13(16)11-7-2-3-8-12(11)14/h2-3,7-8,10H,4-6,9H2,1H3. The molecule has 1 unspecified atom stereocenters. The van der Waals surface area contributed by atoms with Crippen LogP contribution in [0.3, 0.4) is 0 Å². The molecule has 2 rings (SSSR count). The molecule has 0 saturated carbocycles. The fourth-order valence-corrected chi connectivity index (χ4v) is 2.81. The number of piperidine rings is 1. The average molecular weight is 329 g/mol. The van der Waals surface area contributed by atoms with E-state index in [2.05, 4.69) is 29.5 Å². The Balaban J connectivity index is 2.21. The molecule has 1 saturated heterocycles. The van der Waals surface area contributed by atoms with Crippen molar-refractivity contribution in [1.82, 2.24) is 4.90 Å². The third-order valence-electron chi connectivity index (χ3n) is 3.17. The summed E-state index contributed by atoms with van der Waals surface area (Å²) >= 11 is 2.23. The molecule has 1 fully saturated rings. The normalized spacial score (nSPS) is 20.9. The van der Waals surface area contributed by atoms with E-state index in [9.17, 15) is 4.79 Å². The fourth-order valence-electron chi connectivity index (χ4n) is 2.19. The second-order valence-electron chi connectivity index (χ2n) is 4.32. The Bertz CT molecular complexity index is 391. The molecule has 1 aromatic carbocycles. The molecular weight excluding hydrogens is 313 g/mol. The Hall–Kier alpha value is -0.580. The molecule has 1 amide bonds. The first-order valence-electron chi connectivity index (χ1n) is 5.75. The predicted octanol–water partition coefficient (Wildman–Crippen LogP) is 3.31. The molecule has 2 nitrogen and oxygen atoms in total. The van der Waals surface area contributed by atoms with Crippen molar-refractivity contribution in [2.24, 2.45) is 0 Å². The number of carbonyl (C=O) groups is 1. The molecule has 0 spiro atoms. The van der Waals surface area contributed by atoms with Crippen LogP contribution < -0.4 is 0 Å². The Labute approximate surface area is 110 Å². The van der Waals surface area contributed by atoms with Crippen molar-refractivity contribution in [3.8, 4) is 0 Å². The Morgan fingerprint density at radius 3 is 2.81 bits per heavy atom. The van der Waals surface area contributed by atoms with Crippen LogP contribution in [0.25, 0.3) is 0 Å². The lowest BCUT2D eigenvalue weighted by molar-refractivity contribution is 0.0634. The summed E-state index contributed by atoms with van der Waals surface area (Å²) in [5, 5.41) is 0. The van der Waals surface area contributed by atoms with Gasteiger partial charge in [0.25, 0.3) is 5.91 Å². The van der Waals surface area contributed by atoms with Gasteiger partial charge in [-0.2, -0.15) is 0 Å². The third-order valence-corrected chi connectivity index (χ3v) is 4.11. The van der Waals surface area contributed by atoms with E-state index in [4.69, 9.17) is 0 Å². The number of likely N-dealkylation sites (tertiary alicyclic amines) is 1. The van der Waals surface area contributed by atoms with Crippen LogP contribution in [0.4, 0.5) is 0 Å². The van der Waals surface area contributed by atoms with E-state index in [-0.39, 0.29) is 5.91 Å². The average Bonchev–Trinajstić information content (AvgIpc) is 2.29. The molecule has 1 aromatic rings. The van der Waals surface area contributed by atoms with E-state index in [1.165, 1.54) is 6.42 Å². The summed E-state index contributed by atoms with van der Waals surface area (Å²) in [6, 6.07) is 8.20. The first-order chi connectivity index (χ1) is 7.70. The Kier molecular flexibility index (Phi) is 3.84. The molecule has 1 aliphatic heterocycles. The van der Waals surface area contributed by atoms with Gasteiger partial charge in [-0.15, -0.1) is 0 Å². The topological polar surface area (TPSA) is 20.3 Å². The highest BCUT2D eigenvalue weighted by Gasteiger charge is 2.24. The van der Waals surface area contributed by atoms with Gasteiger partial charge in [-0.1, -0.05) is 12.1 Å². The molecule has 0 aromatic heterocycles. The van der Waals surface area contributed by atoms with Gasteiger partial charge in [-0.3, -0.25) is 4.79 Å². The van der Waals surface area contributed by atoms with Crippen LogP contribution in [0.1, 0.15) is 36.5 Å². The van der Waals surface area contributed by atoms with Gasteiger partial charge in [0.2, 0.25) is 0 Å². The summed E-state index contributed by atoms with van der Waals surface area (Å²) in [6.45, 7) is 3.05. The largest absolute Gasteiger partial charge is 0.336 e. The highest BCUT2D eigenvalue weighted by molar-refractivity contribution is 14.1. The number of carbonyl (C=O) groups excluding carboxylic acids is 1. The van der Waals surface area contributed by atoms with Crippen LogP contribution in [0.15, 0.2) is 24.3 Å². The molecule has 0 radical (unpaired) electrons. The highest BCUT2D eigenvalue weighted by atomic mass is 127. The van der Waals surface area contributed by atoms with Gasteiger partial charge in [0.15, 0.2) is 0 Å². The molecule has 0 bridgehead atoms. The zero-order chi connectivity index (χ0) is 11.5. The van der Waals surface area contributed by atoms with Crippen LogP contribution in [0.5, 0.6) is 0 Å². The van der Waals surface area contributed by atoms with E-state index in [0.717, 1.165) is 28.5 Å². The molecule has 1 atom stereocenters. The number of halogens is 1. The number of benzene rings is 1. The zero-order valence-electron chi connectivity index (χ0n) is 9.45. The van der Waals surface area contributed by atoms with Gasteiger partial charge in [0.05, 0.1) is 5.56 Å². The number of amides is 1. The maximum absolute atomic E-state index is 12.4. The number of hydrogen-bond donors (Lipinski definition) is 0. The van der Waals surface area contributed by atoms with Crippen molar-refractivity contribution >= 4 is 28.5 Å². The lowest BCUT2D eigenvalue weighted by atomic mass is 10.0. The summed E-state index contributed by atoms with van der Waals surface area (Å²) < 4.78 is 1.04. The second kappa shape index (κ2) is 5.17. The minimum Gasteiger partial charge on any atom is -0.336 e. The van der Waals surface area contributed by atoms with E-state index < -0.39 is 0 Å². The quantitative estimate of drug-likeness (QED) is 0.724.